The molecule has 0 saturated carbocycles. The first-order chi connectivity index (χ1) is 12.7. The Labute approximate surface area is 155 Å². The highest BCUT2D eigenvalue weighted by atomic mass is 19.1. The zero-order valence-corrected chi connectivity index (χ0v) is 15.8. The second-order valence-corrected chi connectivity index (χ2v) is 6.01. The van der Waals surface area contributed by atoms with Crippen molar-refractivity contribution < 1.29 is 18.6 Å². The molecule has 0 radical (unpaired) electrons. The highest BCUT2D eigenvalue weighted by Crippen LogP contribution is 2.29. The first-order valence-corrected chi connectivity index (χ1v) is 9.36. The number of halogens is 1. The maximum absolute atomic E-state index is 13.8. The van der Waals surface area contributed by atoms with E-state index in [0.29, 0.717) is 19.6 Å². The molecule has 1 heterocycles. The number of nitrogens with zero attached hydrogens (tertiary/aromatic N) is 1. The number of fused-ring (bicyclic) bond motifs is 1. The Morgan fingerprint density at radius 3 is 2.96 bits per heavy atom. The van der Waals surface area contributed by atoms with E-state index in [4.69, 9.17) is 14.2 Å². The number of guanidine groups is 1. The Balaban J connectivity index is 1.83. The van der Waals surface area contributed by atoms with Crippen molar-refractivity contribution in [3.8, 4) is 5.75 Å². The first kappa shape index (κ1) is 20.5. The van der Waals surface area contributed by atoms with E-state index < -0.39 is 0 Å². The van der Waals surface area contributed by atoms with Crippen molar-refractivity contribution in [1.82, 2.24) is 10.6 Å². The van der Waals surface area contributed by atoms with Gasteiger partial charge in [0.25, 0.3) is 0 Å². The maximum Gasteiger partial charge on any atom is 0.191 e. The molecular formula is C19H30FN3O3. The SMILES string of the molecule is CCNC(=NCCCCOCC)NCCc1cc(F)cc2c1OCOC2. The molecule has 6 nitrogen and oxygen atoms in total. The summed E-state index contributed by atoms with van der Waals surface area (Å²) in [6.07, 6.45) is 2.64. The summed E-state index contributed by atoms with van der Waals surface area (Å²) in [5, 5.41) is 6.52. The van der Waals surface area contributed by atoms with Crippen LogP contribution in [0.15, 0.2) is 17.1 Å². The molecule has 1 aliphatic rings. The first-order valence-electron chi connectivity index (χ1n) is 9.36. The molecule has 0 unspecified atom stereocenters. The highest BCUT2D eigenvalue weighted by molar-refractivity contribution is 5.79. The third kappa shape index (κ3) is 6.80. The van der Waals surface area contributed by atoms with Gasteiger partial charge in [0.05, 0.1) is 6.61 Å². The van der Waals surface area contributed by atoms with Crippen LogP contribution >= 0.6 is 0 Å². The van der Waals surface area contributed by atoms with Gasteiger partial charge in [-0.3, -0.25) is 4.99 Å². The minimum absolute atomic E-state index is 0.213. The van der Waals surface area contributed by atoms with E-state index in [2.05, 4.69) is 15.6 Å². The summed E-state index contributed by atoms with van der Waals surface area (Å²) < 4.78 is 29.9. The zero-order valence-electron chi connectivity index (χ0n) is 15.8. The molecule has 1 aromatic rings. The van der Waals surface area contributed by atoms with Crippen LogP contribution in [0.4, 0.5) is 4.39 Å². The van der Waals surface area contributed by atoms with Gasteiger partial charge in [-0.25, -0.2) is 4.39 Å². The topological polar surface area (TPSA) is 64.1 Å². The molecule has 26 heavy (non-hydrogen) atoms. The van der Waals surface area contributed by atoms with Gasteiger partial charge in [0.15, 0.2) is 12.8 Å². The largest absolute Gasteiger partial charge is 0.467 e. The fraction of sp³-hybridized carbons (Fsp3) is 0.632. The number of rotatable bonds is 10. The van der Waals surface area contributed by atoms with Crippen LogP contribution in [-0.4, -0.2) is 45.6 Å². The number of hydrogen-bond acceptors (Lipinski definition) is 4. The number of nitrogens with one attached hydrogen (secondary N) is 2. The fourth-order valence-corrected chi connectivity index (χ4v) is 2.75. The molecule has 7 heteroatoms. The molecule has 146 valence electrons. The lowest BCUT2D eigenvalue weighted by atomic mass is 10.1. The quantitative estimate of drug-likeness (QED) is 0.378. The predicted octanol–water partition coefficient (Wildman–Crippen LogP) is 2.61. The summed E-state index contributed by atoms with van der Waals surface area (Å²) in [6.45, 7) is 8.35. The summed E-state index contributed by atoms with van der Waals surface area (Å²) in [6, 6.07) is 3.00. The van der Waals surface area contributed by atoms with E-state index in [1.165, 1.54) is 12.1 Å². The van der Waals surface area contributed by atoms with Gasteiger partial charge in [-0.2, -0.15) is 0 Å². The lowest BCUT2D eigenvalue weighted by Crippen LogP contribution is -2.38. The van der Waals surface area contributed by atoms with Crippen molar-refractivity contribution in [1.29, 1.82) is 0 Å². The van der Waals surface area contributed by atoms with Gasteiger partial charge in [-0.1, -0.05) is 0 Å². The molecule has 0 amide bonds. The minimum Gasteiger partial charge on any atom is -0.467 e. The standard InChI is InChI=1S/C19H30FN3O3/c1-3-21-19(22-8-5-6-10-24-4-2)23-9-7-15-11-17(20)12-16-13-25-14-26-18(15)16/h11-12H,3-10,13-14H2,1-2H3,(H2,21,22,23). The van der Waals surface area contributed by atoms with Crippen molar-refractivity contribution in [2.24, 2.45) is 4.99 Å². The van der Waals surface area contributed by atoms with Gasteiger partial charge < -0.3 is 24.8 Å². The van der Waals surface area contributed by atoms with Gasteiger partial charge in [0, 0.05) is 38.4 Å². The zero-order chi connectivity index (χ0) is 18.6. The maximum atomic E-state index is 13.8. The summed E-state index contributed by atoms with van der Waals surface area (Å²) in [7, 11) is 0. The highest BCUT2D eigenvalue weighted by Gasteiger charge is 2.16. The van der Waals surface area contributed by atoms with Crippen molar-refractivity contribution in [3.63, 3.8) is 0 Å². The van der Waals surface area contributed by atoms with Crippen molar-refractivity contribution in [3.05, 3.63) is 29.1 Å². The number of ether oxygens (including phenoxy) is 3. The number of hydrogen-bond donors (Lipinski definition) is 2. The molecule has 0 atom stereocenters. The van der Waals surface area contributed by atoms with Gasteiger partial charge in [-0.15, -0.1) is 0 Å². The second-order valence-electron chi connectivity index (χ2n) is 6.01. The lowest BCUT2D eigenvalue weighted by molar-refractivity contribution is -0.0172. The normalized spacial score (nSPS) is 13.9. The predicted molar refractivity (Wildman–Crippen MR) is 100 cm³/mol. The van der Waals surface area contributed by atoms with Crippen molar-refractivity contribution in [2.45, 2.75) is 39.7 Å². The second kappa shape index (κ2) is 11.7. The van der Waals surface area contributed by atoms with Gasteiger partial charge in [0.2, 0.25) is 0 Å². The molecule has 0 spiro atoms. The molecule has 0 aliphatic carbocycles. The summed E-state index contributed by atoms with van der Waals surface area (Å²) >= 11 is 0. The molecule has 1 aliphatic heterocycles. The van der Waals surface area contributed by atoms with E-state index in [0.717, 1.165) is 62.0 Å². The van der Waals surface area contributed by atoms with E-state index in [1.54, 1.807) is 0 Å². The summed E-state index contributed by atoms with van der Waals surface area (Å²) in [5.74, 6) is 1.26. The number of benzene rings is 1. The third-order valence-electron chi connectivity index (χ3n) is 3.95. The molecule has 0 fully saturated rings. The van der Waals surface area contributed by atoms with Crippen LogP contribution in [0.1, 0.15) is 37.8 Å². The number of unbranched alkanes of at least 4 members (excludes halogenated alkanes) is 1. The van der Waals surface area contributed by atoms with Gasteiger partial charge in [-0.05, 0) is 50.8 Å². The molecule has 2 rings (SSSR count). The summed E-state index contributed by atoms with van der Waals surface area (Å²) in [4.78, 5) is 4.56. The Morgan fingerprint density at radius 1 is 1.27 bits per heavy atom. The van der Waals surface area contributed by atoms with Crippen molar-refractivity contribution in [2.75, 3.05) is 39.6 Å². The molecule has 0 saturated heterocycles. The molecular weight excluding hydrogens is 337 g/mol. The van der Waals surface area contributed by atoms with Crippen molar-refractivity contribution >= 4 is 5.96 Å². The Bertz CT molecular complexity index is 581. The lowest BCUT2D eigenvalue weighted by Gasteiger charge is -2.21. The van der Waals surface area contributed by atoms with E-state index >= 15 is 0 Å². The fourth-order valence-electron chi connectivity index (χ4n) is 2.75. The summed E-state index contributed by atoms with van der Waals surface area (Å²) in [5.41, 5.74) is 1.62. The Kier molecular flexibility index (Phi) is 9.20. The molecule has 0 bridgehead atoms. The third-order valence-corrected chi connectivity index (χ3v) is 3.95. The van der Waals surface area contributed by atoms with Crippen LogP contribution < -0.4 is 15.4 Å². The Morgan fingerprint density at radius 2 is 2.15 bits per heavy atom. The Hall–Kier alpha value is -1.86. The van der Waals surface area contributed by atoms with Crippen LogP contribution in [0.25, 0.3) is 0 Å². The molecule has 1 aromatic carbocycles. The van der Waals surface area contributed by atoms with Gasteiger partial charge in [0.1, 0.15) is 11.6 Å². The molecule has 2 N–H and O–H groups in total. The van der Waals surface area contributed by atoms with E-state index in [9.17, 15) is 4.39 Å². The monoisotopic (exact) mass is 367 g/mol. The van der Waals surface area contributed by atoms with Crippen LogP contribution in [-0.2, 0) is 22.5 Å². The van der Waals surface area contributed by atoms with Crippen LogP contribution in [0.3, 0.4) is 0 Å². The smallest absolute Gasteiger partial charge is 0.191 e. The van der Waals surface area contributed by atoms with Crippen LogP contribution in [0, 0.1) is 5.82 Å². The average Bonchev–Trinajstić information content (AvgIpc) is 2.64. The average molecular weight is 367 g/mol. The van der Waals surface area contributed by atoms with E-state index in [-0.39, 0.29) is 12.6 Å². The number of aliphatic imine (C=N–C) groups is 1. The van der Waals surface area contributed by atoms with E-state index in [1.807, 2.05) is 13.8 Å². The molecule has 0 aromatic heterocycles. The van der Waals surface area contributed by atoms with Gasteiger partial charge >= 0.3 is 0 Å². The van der Waals surface area contributed by atoms with Crippen LogP contribution in [0.5, 0.6) is 5.75 Å². The van der Waals surface area contributed by atoms with Crippen LogP contribution in [0.2, 0.25) is 0 Å². The minimum atomic E-state index is -0.261.